The first-order valence-electron chi connectivity index (χ1n) is 9.91. The highest BCUT2D eigenvalue weighted by Gasteiger charge is 2.17. The Labute approximate surface area is 179 Å². The van der Waals surface area contributed by atoms with Crippen LogP contribution < -0.4 is 0 Å². The lowest BCUT2D eigenvalue weighted by Gasteiger charge is -2.12. The molecule has 0 radical (unpaired) electrons. The first kappa shape index (κ1) is 18.6. The summed E-state index contributed by atoms with van der Waals surface area (Å²) in [7, 11) is 0. The van der Waals surface area contributed by atoms with Crippen LogP contribution in [-0.4, -0.2) is 30.5 Å². The molecule has 0 saturated heterocycles. The fourth-order valence-corrected chi connectivity index (χ4v) is 4.59. The van der Waals surface area contributed by atoms with Gasteiger partial charge in [0.05, 0.1) is 5.69 Å². The second-order valence-corrected chi connectivity index (χ2v) is 8.18. The highest BCUT2D eigenvalue weighted by atomic mass is 32.2. The topological polar surface area (TPSA) is 59.4 Å². The van der Waals surface area contributed by atoms with Gasteiger partial charge in [-0.1, -0.05) is 48.2 Å². The predicted octanol–water partition coefficient (Wildman–Crippen LogP) is 5.45. The molecule has 0 amide bonds. The summed E-state index contributed by atoms with van der Waals surface area (Å²) in [4.78, 5) is 7.49. The third-order valence-corrected chi connectivity index (χ3v) is 6.14. The Morgan fingerprint density at radius 1 is 0.933 bits per heavy atom. The zero-order chi connectivity index (χ0) is 20.3. The molecule has 0 unspecified atom stereocenters. The summed E-state index contributed by atoms with van der Waals surface area (Å²) in [6, 6.07) is 20.7. The van der Waals surface area contributed by atoms with Crippen LogP contribution in [0.25, 0.3) is 28.0 Å². The molecule has 2 aromatic carbocycles. The quantitative estimate of drug-likeness (QED) is 0.377. The normalized spacial score (nSPS) is 11.2. The Morgan fingerprint density at radius 2 is 1.73 bits per heavy atom. The van der Waals surface area contributed by atoms with E-state index in [4.69, 9.17) is 0 Å². The van der Waals surface area contributed by atoms with E-state index >= 15 is 0 Å². The average Bonchev–Trinajstić information content (AvgIpc) is 3.39. The van der Waals surface area contributed by atoms with Gasteiger partial charge in [0.25, 0.3) is 0 Å². The molecule has 1 N–H and O–H groups in total. The molecule has 5 aromatic rings. The number of fused-ring (bicyclic) bond motifs is 1. The van der Waals surface area contributed by atoms with Crippen molar-refractivity contribution in [3.63, 3.8) is 0 Å². The molecule has 0 aliphatic heterocycles. The van der Waals surface area contributed by atoms with Crippen molar-refractivity contribution < 1.29 is 0 Å². The average molecular weight is 412 g/mol. The molecule has 6 heteroatoms. The Morgan fingerprint density at radius 3 is 2.60 bits per heavy atom. The number of aryl methyl sites for hydroxylation is 2. The van der Waals surface area contributed by atoms with Crippen LogP contribution in [0.2, 0.25) is 0 Å². The van der Waals surface area contributed by atoms with E-state index in [0.717, 1.165) is 34.4 Å². The summed E-state index contributed by atoms with van der Waals surface area (Å²) in [6.45, 7) is 2.12. The van der Waals surface area contributed by atoms with Gasteiger partial charge in [-0.05, 0) is 48.7 Å². The summed E-state index contributed by atoms with van der Waals surface area (Å²) in [5, 5.41) is 11.3. The molecule has 5 nitrogen and oxygen atoms in total. The van der Waals surface area contributed by atoms with Crippen molar-refractivity contribution in [1.29, 1.82) is 0 Å². The van der Waals surface area contributed by atoms with Crippen LogP contribution in [0.1, 0.15) is 11.1 Å². The summed E-state index contributed by atoms with van der Waals surface area (Å²) in [6.07, 6.45) is 6.64. The second-order valence-electron chi connectivity index (χ2n) is 7.12. The van der Waals surface area contributed by atoms with Crippen molar-refractivity contribution in [3.8, 4) is 17.1 Å². The first-order chi connectivity index (χ1) is 14.8. The van der Waals surface area contributed by atoms with Crippen molar-refractivity contribution in [1.82, 2.24) is 24.7 Å². The zero-order valence-electron chi connectivity index (χ0n) is 16.6. The van der Waals surface area contributed by atoms with Crippen LogP contribution in [0.4, 0.5) is 0 Å². The fourth-order valence-electron chi connectivity index (χ4n) is 3.67. The number of aromatic nitrogens is 5. The van der Waals surface area contributed by atoms with Gasteiger partial charge in [-0.15, -0.1) is 10.2 Å². The number of para-hydroxylation sites is 2. The molecular weight excluding hydrogens is 390 g/mol. The lowest BCUT2D eigenvalue weighted by atomic mass is 10.1. The monoisotopic (exact) mass is 411 g/mol. The van der Waals surface area contributed by atoms with Gasteiger partial charge in [0, 0.05) is 40.8 Å². The van der Waals surface area contributed by atoms with Gasteiger partial charge in [-0.25, -0.2) is 0 Å². The highest BCUT2D eigenvalue weighted by molar-refractivity contribution is 7.99. The Kier molecular flexibility index (Phi) is 5.07. The van der Waals surface area contributed by atoms with E-state index in [1.807, 2.05) is 12.1 Å². The number of hydrogen-bond acceptors (Lipinski definition) is 4. The van der Waals surface area contributed by atoms with Gasteiger partial charge in [0.2, 0.25) is 0 Å². The number of benzene rings is 2. The lowest BCUT2D eigenvalue weighted by molar-refractivity contribution is 0.879. The molecule has 0 atom stereocenters. The molecular formula is C24H21N5S. The van der Waals surface area contributed by atoms with E-state index in [1.54, 1.807) is 24.2 Å². The van der Waals surface area contributed by atoms with Crippen molar-refractivity contribution in [3.05, 3.63) is 90.4 Å². The highest BCUT2D eigenvalue weighted by Crippen LogP contribution is 2.30. The molecule has 0 saturated carbocycles. The minimum Gasteiger partial charge on any atom is -0.361 e. The van der Waals surface area contributed by atoms with Crippen molar-refractivity contribution >= 4 is 22.7 Å². The maximum Gasteiger partial charge on any atom is 0.196 e. The Balaban J connectivity index is 1.46. The summed E-state index contributed by atoms with van der Waals surface area (Å²) >= 11 is 1.73. The SMILES string of the molecule is Cc1ccccc1-n1c(SCCc2c[nH]c3ccccc23)nnc1-c1ccncc1. The van der Waals surface area contributed by atoms with E-state index in [0.29, 0.717) is 0 Å². The molecule has 0 bridgehead atoms. The minimum atomic E-state index is 0.835. The third kappa shape index (κ3) is 3.50. The Bertz CT molecular complexity index is 1290. The maximum absolute atomic E-state index is 4.54. The van der Waals surface area contributed by atoms with Crippen LogP contribution in [-0.2, 0) is 6.42 Å². The molecule has 30 heavy (non-hydrogen) atoms. The molecule has 0 fully saturated rings. The molecule has 0 aliphatic rings. The van der Waals surface area contributed by atoms with E-state index in [9.17, 15) is 0 Å². The first-order valence-corrected chi connectivity index (χ1v) is 10.9. The summed E-state index contributed by atoms with van der Waals surface area (Å²) in [5.74, 6) is 1.75. The number of H-pyrrole nitrogens is 1. The van der Waals surface area contributed by atoms with Crippen LogP contribution in [0.3, 0.4) is 0 Å². The molecule has 5 rings (SSSR count). The summed E-state index contributed by atoms with van der Waals surface area (Å²) < 4.78 is 2.16. The minimum absolute atomic E-state index is 0.835. The largest absolute Gasteiger partial charge is 0.361 e. The number of aromatic amines is 1. The number of thioether (sulfide) groups is 1. The van der Waals surface area contributed by atoms with Gasteiger partial charge in [-0.3, -0.25) is 9.55 Å². The van der Waals surface area contributed by atoms with Crippen molar-refractivity contribution in [2.45, 2.75) is 18.5 Å². The fraction of sp³-hybridized carbons (Fsp3) is 0.125. The van der Waals surface area contributed by atoms with E-state index in [1.165, 1.54) is 22.0 Å². The number of nitrogens with zero attached hydrogens (tertiary/aromatic N) is 4. The number of nitrogens with one attached hydrogen (secondary N) is 1. The smallest absolute Gasteiger partial charge is 0.196 e. The predicted molar refractivity (Wildman–Crippen MR) is 122 cm³/mol. The standard InChI is InChI=1S/C24H21N5S/c1-17-6-2-5-9-22(17)29-23(18-10-13-25-14-11-18)27-28-24(29)30-15-12-19-16-26-21-8-4-3-7-20(19)21/h2-11,13-14,16,26H,12,15H2,1H3. The van der Waals surface area contributed by atoms with Crippen LogP contribution in [0.15, 0.2) is 84.4 Å². The van der Waals surface area contributed by atoms with Gasteiger partial charge in [-0.2, -0.15) is 0 Å². The molecule has 3 heterocycles. The van der Waals surface area contributed by atoms with Gasteiger partial charge >= 0.3 is 0 Å². The number of rotatable bonds is 6. The summed E-state index contributed by atoms with van der Waals surface area (Å²) in [5.41, 5.74) is 5.80. The number of pyridine rings is 1. The molecule has 0 aliphatic carbocycles. The molecule has 0 spiro atoms. The zero-order valence-corrected chi connectivity index (χ0v) is 17.4. The molecule has 3 aromatic heterocycles. The van der Waals surface area contributed by atoms with Crippen LogP contribution in [0.5, 0.6) is 0 Å². The third-order valence-electron chi connectivity index (χ3n) is 5.21. The molecule has 148 valence electrons. The van der Waals surface area contributed by atoms with Crippen molar-refractivity contribution in [2.24, 2.45) is 0 Å². The second kappa shape index (κ2) is 8.16. The Hall–Kier alpha value is -3.38. The van der Waals surface area contributed by atoms with Crippen LogP contribution in [0, 0.1) is 6.92 Å². The van der Waals surface area contributed by atoms with Gasteiger partial charge < -0.3 is 4.98 Å². The van der Waals surface area contributed by atoms with E-state index < -0.39 is 0 Å². The van der Waals surface area contributed by atoms with E-state index in [-0.39, 0.29) is 0 Å². The van der Waals surface area contributed by atoms with E-state index in [2.05, 4.69) is 86.4 Å². The van der Waals surface area contributed by atoms with Gasteiger partial charge in [0.1, 0.15) is 0 Å². The van der Waals surface area contributed by atoms with Crippen molar-refractivity contribution in [2.75, 3.05) is 5.75 Å². The maximum atomic E-state index is 4.54. The number of hydrogen-bond donors (Lipinski definition) is 1. The van der Waals surface area contributed by atoms with Gasteiger partial charge in [0.15, 0.2) is 11.0 Å². The lowest BCUT2D eigenvalue weighted by Crippen LogP contribution is -2.02. The van der Waals surface area contributed by atoms with Crippen LogP contribution >= 0.6 is 11.8 Å².